The molecule has 1 aliphatic rings. The van der Waals surface area contributed by atoms with Crippen LogP contribution in [0.15, 0.2) is 0 Å². The van der Waals surface area contributed by atoms with Crippen LogP contribution in [0.2, 0.25) is 0 Å². The molecule has 0 aromatic carbocycles. The second-order valence-corrected chi connectivity index (χ2v) is 4.68. The smallest absolute Gasteiger partial charge is 0.0189 e. The van der Waals surface area contributed by atoms with Crippen LogP contribution in [-0.2, 0) is 0 Å². The summed E-state index contributed by atoms with van der Waals surface area (Å²) in [6.07, 6.45) is 1.38. The Balaban J connectivity index is 2.27. The summed E-state index contributed by atoms with van der Waals surface area (Å²) in [5.74, 6) is 1.27. The number of nitrogens with zero attached hydrogens (tertiary/aromatic N) is 1. The summed E-state index contributed by atoms with van der Waals surface area (Å²) in [5, 5.41) is 0.907. The van der Waals surface area contributed by atoms with Crippen LogP contribution in [0.5, 0.6) is 0 Å². The lowest BCUT2D eigenvalue weighted by Crippen LogP contribution is -2.21. The minimum absolute atomic E-state index is 0.809. The quantitative estimate of drug-likeness (QED) is 0.605. The summed E-state index contributed by atoms with van der Waals surface area (Å²) in [6.45, 7) is 5.85. The van der Waals surface area contributed by atoms with Crippen LogP contribution in [-0.4, -0.2) is 35.5 Å². The van der Waals surface area contributed by atoms with E-state index in [4.69, 9.17) is 0 Å². The number of hydrogen-bond acceptors (Lipinski definition) is 2. The van der Waals surface area contributed by atoms with Crippen molar-refractivity contribution in [3.05, 3.63) is 0 Å². The van der Waals surface area contributed by atoms with Gasteiger partial charge in [-0.2, -0.15) is 11.8 Å². The van der Waals surface area contributed by atoms with E-state index in [-0.39, 0.29) is 0 Å². The highest BCUT2D eigenvalue weighted by Gasteiger charge is 2.25. The van der Waals surface area contributed by atoms with E-state index < -0.39 is 0 Å². The molecular formula is C8H17NS. The standard InChI is InChI=1S/C8H17NS/c1-4-10-8-5-7(2)9(3)6-8/h7-8H,4-6H2,1-3H3/t7-,8?/m1/s1. The van der Waals surface area contributed by atoms with Crippen molar-refractivity contribution in [2.75, 3.05) is 19.3 Å². The third-order valence-corrected chi connectivity index (χ3v) is 3.40. The Morgan fingerprint density at radius 3 is 2.70 bits per heavy atom. The first kappa shape index (κ1) is 8.41. The number of thioether (sulfide) groups is 1. The summed E-state index contributed by atoms with van der Waals surface area (Å²) in [6, 6.07) is 0.809. The third-order valence-electron chi connectivity index (χ3n) is 2.25. The molecule has 0 aromatic heterocycles. The predicted molar refractivity (Wildman–Crippen MR) is 48.6 cm³/mol. The Kier molecular flexibility index (Phi) is 3.05. The normalized spacial score (nSPS) is 35.1. The molecule has 2 heteroatoms. The van der Waals surface area contributed by atoms with Crippen molar-refractivity contribution in [3.63, 3.8) is 0 Å². The molecule has 0 amide bonds. The van der Waals surface area contributed by atoms with Gasteiger partial charge in [0.2, 0.25) is 0 Å². The van der Waals surface area contributed by atoms with Crippen LogP contribution in [0, 0.1) is 0 Å². The zero-order valence-corrected chi connectivity index (χ0v) is 7.95. The number of rotatable bonds is 2. The lowest BCUT2D eigenvalue weighted by Gasteiger charge is -2.12. The van der Waals surface area contributed by atoms with Gasteiger partial charge < -0.3 is 4.90 Å². The Labute approximate surface area is 68.2 Å². The van der Waals surface area contributed by atoms with E-state index in [1.165, 1.54) is 18.7 Å². The van der Waals surface area contributed by atoms with E-state index in [2.05, 4.69) is 37.6 Å². The van der Waals surface area contributed by atoms with Gasteiger partial charge in [0, 0.05) is 17.8 Å². The minimum Gasteiger partial charge on any atom is -0.303 e. The molecule has 1 saturated heterocycles. The molecular weight excluding hydrogens is 142 g/mol. The summed E-state index contributed by atoms with van der Waals surface area (Å²) in [7, 11) is 2.22. The fourth-order valence-corrected chi connectivity index (χ4v) is 2.72. The molecule has 1 unspecified atom stereocenters. The fourth-order valence-electron chi connectivity index (χ4n) is 1.49. The van der Waals surface area contributed by atoms with Gasteiger partial charge in [-0.05, 0) is 26.1 Å². The number of likely N-dealkylation sites (tertiary alicyclic amines) is 1. The van der Waals surface area contributed by atoms with Crippen molar-refractivity contribution in [2.24, 2.45) is 0 Å². The zero-order valence-electron chi connectivity index (χ0n) is 7.13. The Hall–Kier alpha value is 0.310. The van der Waals surface area contributed by atoms with E-state index >= 15 is 0 Å². The topological polar surface area (TPSA) is 3.24 Å². The van der Waals surface area contributed by atoms with E-state index in [0.717, 1.165) is 11.3 Å². The summed E-state index contributed by atoms with van der Waals surface area (Å²) >= 11 is 2.10. The molecule has 1 fully saturated rings. The molecule has 1 rings (SSSR count). The summed E-state index contributed by atoms with van der Waals surface area (Å²) < 4.78 is 0. The monoisotopic (exact) mass is 159 g/mol. The second kappa shape index (κ2) is 3.63. The van der Waals surface area contributed by atoms with Gasteiger partial charge in [-0.15, -0.1) is 0 Å². The van der Waals surface area contributed by atoms with E-state index in [9.17, 15) is 0 Å². The first-order valence-corrected chi connectivity index (χ1v) is 5.10. The van der Waals surface area contributed by atoms with Crippen molar-refractivity contribution in [1.82, 2.24) is 4.90 Å². The lowest BCUT2D eigenvalue weighted by atomic mass is 10.2. The molecule has 0 N–H and O–H groups in total. The zero-order chi connectivity index (χ0) is 7.56. The van der Waals surface area contributed by atoms with Gasteiger partial charge in [-0.1, -0.05) is 6.92 Å². The molecule has 1 aliphatic heterocycles. The molecule has 0 aliphatic carbocycles. The highest BCUT2D eigenvalue weighted by molar-refractivity contribution is 7.99. The van der Waals surface area contributed by atoms with Crippen LogP contribution in [0.1, 0.15) is 20.3 Å². The van der Waals surface area contributed by atoms with Crippen LogP contribution in [0.25, 0.3) is 0 Å². The summed E-state index contributed by atoms with van der Waals surface area (Å²) in [5.41, 5.74) is 0. The maximum atomic E-state index is 2.45. The second-order valence-electron chi connectivity index (χ2n) is 3.10. The van der Waals surface area contributed by atoms with Crippen LogP contribution >= 0.6 is 11.8 Å². The molecule has 10 heavy (non-hydrogen) atoms. The molecule has 2 atom stereocenters. The molecule has 60 valence electrons. The van der Waals surface area contributed by atoms with Crippen molar-refractivity contribution >= 4 is 11.8 Å². The van der Waals surface area contributed by atoms with Crippen molar-refractivity contribution in [1.29, 1.82) is 0 Å². The lowest BCUT2D eigenvalue weighted by molar-refractivity contribution is 0.331. The first-order chi connectivity index (χ1) is 4.74. The van der Waals surface area contributed by atoms with Gasteiger partial charge in [0.1, 0.15) is 0 Å². The van der Waals surface area contributed by atoms with Gasteiger partial charge in [0.05, 0.1) is 0 Å². The van der Waals surface area contributed by atoms with Crippen molar-refractivity contribution < 1.29 is 0 Å². The average molecular weight is 159 g/mol. The molecule has 1 nitrogen and oxygen atoms in total. The van der Waals surface area contributed by atoms with Crippen LogP contribution < -0.4 is 0 Å². The molecule has 0 saturated carbocycles. The third kappa shape index (κ3) is 1.89. The molecule has 0 radical (unpaired) electrons. The van der Waals surface area contributed by atoms with Gasteiger partial charge in [0.15, 0.2) is 0 Å². The highest BCUT2D eigenvalue weighted by Crippen LogP contribution is 2.25. The van der Waals surface area contributed by atoms with Gasteiger partial charge in [0.25, 0.3) is 0 Å². The average Bonchev–Trinajstić information content (AvgIpc) is 2.14. The number of hydrogen-bond donors (Lipinski definition) is 0. The van der Waals surface area contributed by atoms with Gasteiger partial charge in [-0.25, -0.2) is 0 Å². The highest BCUT2D eigenvalue weighted by atomic mass is 32.2. The van der Waals surface area contributed by atoms with Gasteiger partial charge in [-0.3, -0.25) is 0 Å². The SMILES string of the molecule is CCSC1C[C@@H](C)N(C)C1. The van der Waals surface area contributed by atoms with E-state index in [1.54, 1.807) is 0 Å². The molecule has 0 aromatic rings. The first-order valence-electron chi connectivity index (χ1n) is 4.06. The van der Waals surface area contributed by atoms with Crippen LogP contribution in [0.3, 0.4) is 0 Å². The van der Waals surface area contributed by atoms with Crippen molar-refractivity contribution in [2.45, 2.75) is 31.6 Å². The van der Waals surface area contributed by atoms with Gasteiger partial charge >= 0.3 is 0 Å². The largest absolute Gasteiger partial charge is 0.303 e. The minimum atomic E-state index is 0.809. The van der Waals surface area contributed by atoms with Crippen molar-refractivity contribution in [3.8, 4) is 0 Å². The Morgan fingerprint density at radius 1 is 1.60 bits per heavy atom. The maximum absolute atomic E-state index is 2.45. The molecule has 0 bridgehead atoms. The van der Waals surface area contributed by atoms with E-state index in [0.29, 0.717) is 0 Å². The Bertz CT molecular complexity index is 95.4. The summed E-state index contributed by atoms with van der Waals surface area (Å²) in [4.78, 5) is 2.45. The maximum Gasteiger partial charge on any atom is 0.0189 e. The molecule has 1 heterocycles. The Morgan fingerprint density at radius 2 is 2.30 bits per heavy atom. The predicted octanol–water partition coefficient (Wildman–Crippen LogP) is 1.83. The van der Waals surface area contributed by atoms with E-state index in [1.807, 2.05) is 0 Å². The van der Waals surface area contributed by atoms with Crippen LogP contribution in [0.4, 0.5) is 0 Å². The fraction of sp³-hybridized carbons (Fsp3) is 1.00. The molecule has 0 spiro atoms.